The highest BCUT2D eigenvalue weighted by Gasteiger charge is 2.35. The van der Waals surface area contributed by atoms with Crippen molar-refractivity contribution in [2.24, 2.45) is 0 Å². The molecule has 0 unspecified atom stereocenters. The van der Waals surface area contributed by atoms with Crippen LogP contribution in [0.1, 0.15) is 18.1 Å². The number of piperazine rings is 1. The molecule has 2 rings (SSSR count). The Balaban J connectivity index is 2.27. The number of rotatable bonds is 3. The maximum Gasteiger partial charge on any atom is 0.418 e. The first-order chi connectivity index (χ1) is 9.45. The van der Waals surface area contributed by atoms with Crippen LogP contribution in [0.25, 0.3) is 0 Å². The molecule has 0 saturated carbocycles. The van der Waals surface area contributed by atoms with E-state index in [-0.39, 0.29) is 0 Å². The Morgan fingerprint density at radius 1 is 1.15 bits per heavy atom. The standard InChI is InChI=1S/C14H18BrF3N2/c1-2-19-5-7-20(8-6-19)13-4-3-11(10-15)9-12(13)14(16,17)18/h3-4,9H,2,5-8,10H2,1H3. The van der Waals surface area contributed by atoms with Crippen LogP contribution in [0.3, 0.4) is 0 Å². The Labute approximate surface area is 125 Å². The van der Waals surface area contributed by atoms with E-state index in [0.29, 0.717) is 29.7 Å². The number of likely N-dealkylation sites (N-methyl/N-ethyl adjacent to an activating group) is 1. The molecule has 0 radical (unpaired) electrons. The molecule has 1 saturated heterocycles. The molecule has 2 nitrogen and oxygen atoms in total. The molecule has 1 heterocycles. The topological polar surface area (TPSA) is 6.48 Å². The number of benzene rings is 1. The van der Waals surface area contributed by atoms with Crippen molar-refractivity contribution in [1.29, 1.82) is 0 Å². The van der Waals surface area contributed by atoms with E-state index < -0.39 is 11.7 Å². The van der Waals surface area contributed by atoms with Gasteiger partial charge in [0.1, 0.15) is 0 Å². The minimum absolute atomic E-state index is 0.304. The van der Waals surface area contributed by atoms with Crippen molar-refractivity contribution in [2.45, 2.75) is 18.4 Å². The highest BCUT2D eigenvalue weighted by Crippen LogP contribution is 2.37. The van der Waals surface area contributed by atoms with Gasteiger partial charge in [-0.15, -0.1) is 0 Å². The predicted molar refractivity (Wildman–Crippen MR) is 78.4 cm³/mol. The average molecular weight is 351 g/mol. The van der Waals surface area contributed by atoms with Gasteiger partial charge in [-0.1, -0.05) is 28.9 Å². The molecule has 0 aromatic heterocycles. The summed E-state index contributed by atoms with van der Waals surface area (Å²) in [5.41, 5.74) is 0.422. The normalized spacial score (nSPS) is 17.6. The van der Waals surface area contributed by atoms with Crippen molar-refractivity contribution >= 4 is 21.6 Å². The number of anilines is 1. The second kappa shape index (κ2) is 6.35. The van der Waals surface area contributed by atoms with E-state index in [2.05, 4.69) is 27.8 Å². The van der Waals surface area contributed by atoms with E-state index in [1.54, 1.807) is 12.1 Å². The van der Waals surface area contributed by atoms with Gasteiger partial charge >= 0.3 is 6.18 Å². The van der Waals surface area contributed by atoms with Gasteiger partial charge in [-0.2, -0.15) is 13.2 Å². The smallest absolute Gasteiger partial charge is 0.368 e. The van der Waals surface area contributed by atoms with Gasteiger partial charge in [0.25, 0.3) is 0 Å². The minimum atomic E-state index is -4.31. The molecule has 1 aliphatic heterocycles. The van der Waals surface area contributed by atoms with Crippen molar-refractivity contribution in [3.05, 3.63) is 29.3 Å². The van der Waals surface area contributed by atoms with Crippen molar-refractivity contribution in [1.82, 2.24) is 4.90 Å². The quantitative estimate of drug-likeness (QED) is 0.766. The molecule has 0 N–H and O–H groups in total. The lowest BCUT2D eigenvalue weighted by atomic mass is 10.1. The highest BCUT2D eigenvalue weighted by atomic mass is 79.9. The lowest BCUT2D eigenvalue weighted by molar-refractivity contribution is -0.137. The van der Waals surface area contributed by atoms with Crippen molar-refractivity contribution in [3.63, 3.8) is 0 Å². The summed E-state index contributed by atoms with van der Waals surface area (Å²) in [6.07, 6.45) is -4.31. The fraction of sp³-hybridized carbons (Fsp3) is 0.571. The summed E-state index contributed by atoms with van der Waals surface area (Å²) in [5.74, 6) is 0. The van der Waals surface area contributed by atoms with Crippen molar-refractivity contribution in [2.75, 3.05) is 37.6 Å². The SMILES string of the molecule is CCN1CCN(c2ccc(CBr)cc2C(F)(F)F)CC1. The predicted octanol–water partition coefficient (Wildman–Crippen LogP) is 3.74. The van der Waals surface area contributed by atoms with Crippen LogP contribution in [0.2, 0.25) is 0 Å². The van der Waals surface area contributed by atoms with Crippen LogP contribution in [0.4, 0.5) is 18.9 Å². The lowest BCUT2D eigenvalue weighted by Crippen LogP contribution is -2.46. The summed E-state index contributed by atoms with van der Waals surface area (Å²) >= 11 is 3.21. The molecule has 20 heavy (non-hydrogen) atoms. The summed E-state index contributed by atoms with van der Waals surface area (Å²) in [4.78, 5) is 4.09. The fourth-order valence-corrected chi connectivity index (χ4v) is 2.82. The van der Waals surface area contributed by atoms with E-state index in [1.807, 2.05) is 4.90 Å². The summed E-state index contributed by atoms with van der Waals surface area (Å²) in [6, 6.07) is 4.60. The van der Waals surface area contributed by atoms with E-state index in [4.69, 9.17) is 0 Å². The van der Waals surface area contributed by atoms with Crippen molar-refractivity contribution in [3.8, 4) is 0 Å². The third-order valence-corrected chi connectivity index (χ3v) is 4.33. The number of halogens is 4. The average Bonchev–Trinajstić information content (AvgIpc) is 2.46. The zero-order valence-corrected chi connectivity index (χ0v) is 13.0. The van der Waals surface area contributed by atoms with Gasteiger partial charge in [0.05, 0.1) is 5.56 Å². The van der Waals surface area contributed by atoms with E-state index in [0.717, 1.165) is 19.6 Å². The summed E-state index contributed by atoms with van der Waals surface area (Å²) < 4.78 is 39.6. The lowest BCUT2D eigenvalue weighted by Gasteiger charge is -2.36. The van der Waals surface area contributed by atoms with Gasteiger partial charge in [0.15, 0.2) is 0 Å². The molecule has 1 aliphatic rings. The Morgan fingerprint density at radius 2 is 1.80 bits per heavy atom. The van der Waals surface area contributed by atoms with Gasteiger partial charge in [-0.05, 0) is 24.2 Å². The Kier molecular flexibility index (Phi) is 4.96. The Hall–Kier alpha value is -0.750. The van der Waals surface area contributed by atoms with Gasteiger partial charge in [0, 0.05) is 37.2 Å². The van der Waals surface area contributed by atoms with Gasteiger partial charge in [0.2, 0.25) is 0 Å². The van der Waals surface area contributed by atoms with Gasteiger partial charge in [-0.3, -0.25) is 0 Å². The van der Waals surface area contributed by atoms with Crippen LogP contribution < -0.4 is 4.90 Å². The zero-order valence-electron chi connectivity index (χ0n) is 11.4. The van der Waals surface area contributed by atoms with Crippen molar-refractivity contribution < 1.29 is 13.2 Å². The van der Waals surface area contributed by atoms with E-state index in [1.165, 1.54) is 6.07 Å². The maximum absolute atomic E-state index is 13.2. The Morgan fingerprint density at radius 3 is 2.30 bits per heavy atom. The molecule has 112 valence electrons. The Bertz CT molecular complexity index is 454. The number of alkyl halides is 4. The molecule has 0 amide bonds. The molecule has 1 aromatic rings. The summed E-state index contributed by atoms with van der Waals surface area (Å²) in [6.45, 7) is 5.93. The monoisotopic (exact) mass is 350 g/mol. The largest absolute Gasteiger partial charge is 0.418 e. The van der Waals surface area contributed by atoms with Crippen LogP contribution in [-0.4, -0.2) is 37.6 Å². The zero-order chi connectivity index (χ0) is 14.8. The first kappa shape index (κ1) is 15.6. The van der Waals surface area contributed by atoms with E-state index >= 15 is 0 Å². The molecule has 1 fully saturated rings. The second-order valence-electron chi connectivity index (χ2n) is 4.90. The molecular formula is C14H18BrF3N2. The molecule has 0 bridgehead atoms. The van der Waals surface area contributed by atoms with Crippen LogP contribution >= 0.6 is 15.9 Å². The van der Waals surface area contributed by atoms with Crippen LogP contribution in [0.15, 0.2) is 18.2 Å². The molecule has 6 heteroatoms. The number of nitrogens with zero attached hydrogens (tertiary/aromatic N) is 2. The first-order valence-electron chi connectivity index (χ1n) is 6.69. The van der Waals surface area contributed by atoms with Gasteiger partial charge < -0.3 is 9.80 Å². The summed E-state index contributed by atoms with van der Waals surface area (Å²) in [7, 11) is 0. The third-order valence-electron chi connectivity index (χ3n) is 3.68. The molecule has 0 atom stereocenters. The minimum Gasteiger partial charge on any atom is -0.368 e. The highest BCUT2D eigenvalue weighted by molar-refractivity contribution is 9.08. The fourth-order valence-electron chi connectivity index (χ4n) is 2.47. The van der Waals surface area contributed by atoms with E-state index in [9.17, 15) is 13.2 Å². The van der Waals surface area contributed by atoms with Crippen LogP contribution in [-0.2, 0) is 11.5 Å². The number of hydrogen-bond acceptors (Lipinski definition) is 2. The van der Waals surface area contributed by atoms with Crippen LogP contribution in [0.5, 0.6) is 0 Å². The molecule has 0 aliphatic carbocycles. The third kappa shape index (κ3) is 3.47. The molecule has 1 aromatic carbocycles. The van der Waals surface area contributed by atoms with Gasteiger partial charge in [-0.25, -0.2) is 0 Å². The van der Waals surface area contributed by atoms with Crippen LogP contribution in [0, 0.1) is 0 Å². The second-order valence-corrected chi connectivity index (χ2v) is 5.46. The first-order valence-corrected chi connectivity index (χ1v) is 7.81. The number of hydrogen-bond donors (Lipinski definition) is 0. The maximum atomic E-state index is 13.2. The molecular weight excluding hydrogens is 333 g/mol. The molecule has 0 spiro atoms. The summed E-state index contributed by atoms with van der Waals surface area (Å²) in [5, 5.41) is 0.431.